The van der Waals surface area contributed by atoms with Crippen LogP contribution in [0.2, 0.25) is 0 Å². The summed E-state index contributed by atoms with van der Waals surface area (Å²) in [7, 11) is 0. The maximum absolute atomic E-state index is 11.7. The number of nitrogens with one attached hydrogen (secondary N) is 1. The van der Waals surface area contributed by atoms with Gasteiger partial charge in [-0.05, 0) is 44.7 Å². The van der Waals surface area contributed by atoms with E-state index in [2.05, 4.69) is 41.7 Å². The Morgan fingerprint density at radius 3 is 2.60 bits per heavy atom. The third kappa shape index (κ3) is 5.37. The van der Waals surface area contributed by atoms with Crippen molar-refractivity contribution in [2.75, 3.05) is 5.75 Å². The quantitative estimate of drug-likeness (QED) is 0.660. The van der Waals surface area contributed by atoms with Crippen molar-refractivity contribution in [2.24, 2.45) is 5.10 Å². The van der Waals surface area contributed by atoms with Crippen molar-refractivity contribution < 1.29 is 4.79 Å². The van der Waals surface area contributed by atoms with E-state index in [1.165, 1.54) is 29.7 Å². The van der Waals surface area contributed by atoms with E-state index in [0.29, 0.717) is 6.42 Å². The molecule has 0 bridgehead atoms. The van der Waals surface area contributed by atoms with Gasteiger partial charge in [-0.15, -0.1) is 11.8 Å². The fourth-order valence-electron chi connectivity index (χ4n) is 2.17. The van der Waals surface area contributed by atoms with Crippen LogP contribution in [0.4, 0.5) is 0 Å². The number of carbonyl (C=O) groups excluding carboxylic acids is 1. The minimum atomic E-state index is 0.0164. The highest BCUT2D eigenvalue weighted by atomic mass is 32.2. The van der Waals surface area contributed by atoms with Crippen LogP contribution in [0.5, 0.6) is 0 Å². The molecule has 1 aromatic rings. The van der Waals surface area contributed by atoms with Crippen LogP contribution in [-0.4, -0.2) is 17.4 Å². The largest absolute Gasteiger partial charge is 0.273 e. The number of hydrogen-bond acceptors (Lipinski definition) is 3. The van der Waals surface area contributed by atoms with E-state index < -0.39 is 0 Å². The summed E-state index contributed by atoms with van der Waals surface area (Å²) in [5.41, 5.74) is 5.09. The number of hydrazone groups is 1. The molecule has 0 atom stereocenters. The summed E-state index contributed by atoms with van der Waals surface area (Å²) in [4.78, 5) is 12.9. The second-order valence-electron chi connectivity index (χ2n) is 5.19. The fourth-order valence-corrected chi connectivity index (χ4v) is 3.02. The van der Waals surface area contributed by atoms with E-state index in [0.717, 1.165) is 24.3 Å². The molecule has 1 aliphatic rings. The molecule has 108 valence electrons. The molecule has 0 radical (unpaired) electrons. The topological polar surface area (TPSA) is 41.5 Å². The van der Waals surface area contributed by atoms with Crippen LogP contribution in [0.1, 0.15) is 44.1 Å². The predicted octanol–water partition coefficient (Wildman–Crippen LogP) is 3.91. The van der Waals surface area contributed by atoms with Gasteiger partial charge in [0.25, 0.3) is 0 Å². The van der Waals surface area contributed by atoms with Gasteiger partial charge in [0.1, 0.15) is 0 Å². The summed E-state index contributed by atoms with van der Waals surface area (Å²) in [6.45, 7) is 2.08. The Kier molecular flexibility index (Phi) is 6.12. The summed E-state index contributed by atoms with van der Waals surface area (Å²) in [6.07, 6.45) is 6.29. The van der Waals surface area contributed by atoms with E-state index in [1.807, 2.05) is 0 Å². The van der Waals surface area contributed by atoms with Gasteiger partial charge in [-0.3, -0.25) is 4.79 Å². The number of benzene rings is 1. The number of carbonyl (C=O) groups is 1. The van der Waals surface area contributed by atoms with Crippen molar-refractivity contribution >= 4 is 23.4 Å². The summed E-state index contributed by atoms with van der Waals surface area (Å²) in [6, 6.07) is 8.38. The van der Waals surface area contributed by atoms with E-state index in [4.69, 9.17) is 0 Å². The molecule has 20 heavy (non-hydrogen) atoms. The molecule has 1 N–H and O–H groups in total. The molecular weight excluding hydrogens is 268 g/mol. The van der Waals surface area contributed by atoms with Crippen molar-refractivity contribution in [1.82, 2.24) is 5.43 Å². The average molecular weight is 290 g/mol. The summed E-state index contributed by atoms with van der Waals surface area (Å²) in [5, 5.41) is 4.23. The zero-order chi connectivity index (χ0) is 14.2. The first kappa shape index (κ1) is 15.1. The minimum Gasteiger partial charge on any atom is -0.273 e. The summed E-state index contributed by atoms with van der Waals surface area (Å²) in [5.74, 6) is 0.808. The van der Waals surface area contributed by atoms with Gasteiger partial charge in [0.15, 0.2) is 0 Å². The molecule has 0 heterocycles. The third-order valence-corrected chi connectivity index (χ3v) is 4.40. The summed E-state index contributed by atoms with van der Waals surface area (Å²) < 4.78 is 0. The van der Waals surface area contributed by atoms with E-state index in [9.17, 15) is 4.79 Å². The lowest BCUT2D eigenvalue weighted by atomic mass is 9.99. The van der Waals surface area contributed by atoms with Crippen LogP contribution < -0.4 is 5.43 Å². The normalized spacial score (nSPS) is 14.9. The molecule has 0 aliphatic heterocycles. The number of thioether (sulfide) groups is 1. The molecular formula is C16H22N2OS. The first-order valence-corrected chi connectivity index (χ1v) is 8.26. The monoisotopic (exact) mass is 290 g/mol. The lowest BCUT2D eigenvalue weighted by Crippen LogP contribution is -2.20. The molecule has 3 nitrogen and oxygen atoms in total. The molecule has 4 heteroatoms. The Morgan fingerprint density at radius 1 is 1.20 bits per heavy atom. The Bertz CT molecular complexity index is 460. The Balaban J connectivity index is 1.66. The van der Waals surface area contributed by atoms with Crippen molar-refractivity contribution in [2.45, 2.75) is 50.3 Å². The number of aryl methyl sites for hydroxylation is 1. The maximum Gasteiger partial charge on any atom is 0.240 e. The van der Waals surface area contributed by atoms with Crippen molar-refractivity contribution in [1.29, 1.82) is 0 Å². The van der Waals surface area contributed by atoms with Gasteiger partial charge in [-0.1, -0.05) is 24.1 Å². The average Bonchev–Trinajstić information content (AvgIpc) is 2.48. The van der Waals surface area contributed by atoms with Gasteiger partial charge >= 0.3 is 0 Å². The first-order chi connectivity index (χ1) is 9.74. The molecule has 1 saturated carbocycles. The van der Waals surface area contributed by atoms with Crippen LogP contribution in [0.3, 0.4) is 0 Å². The Hall–Kier alpha value is -1.29. The van der Waals surface area contributed by atoms with Gasteiger partial charge in [0, 0.05) is 22.8 Å². The Labute approximate surface area is 125 Å². The molecule has 1 aliphatic carbocycles. The predicted molar refractivity (Wildman–Crippen MR) is 85.2 cm³/mol. The standard InChI is InChI=1S/C16H22N2OS/c1-13-7-9-15(10-8-13)20-12-11-16(19)18-17-14-5-3-2-4-6-14/h7-10H,2-6,11-12H2,1H3,(H,18,19). The highest BCUT2D eigenvalue weighted by molar-refractivity contribution is 7.99. The van der Waals surface area contributed by atoms with Crippen LogP contribution in [0.15, 0.2) is 34.3 Å². The second kappa shape index (κ2) is 8.10. The number of nitrogens with zero attached hydrogens (tertiary/aromatic N) is 1. The van der Waals surface area contributed by atoms with E-state index >= 15 is 0 Å². The van der Waals surface area contributed by atoms with E-state index in [-0.39, 0.29) is 5.91 Å². The third-order valence-electron chi connectivity index (χ3n) is 3.39. The molecule has 0 unspecified atom stereocenters. The van der Waals surface area contributed by atoms with Gasteiger partial charge in [0.2, 0.25) is 5.91 Å². The van der Waals surface area contributed by atoms with Crippen LogP contribution in [-0.2, 0) is 4.79 Å². The molecule has 1 amide bonds. The molecule has 1 aromatic carbocycles. The lowest BCUT2D eigenvalue weighted by Gasteiger charge is -2.11. The number of amides is 1. The van der Waals surface area contributed by atoms with E-state index in [1.54, 1.807) is 11.8 Å². The van der Waals surface area contributed by atoms with Crippen molar-refractivity contribution in [3.63, 3.8) is 0 Å². The molecule has 0 spiro atoms. The molecule has 0 saturated heterocycles. The highest BCUT2D eigenvalue weighted by Crippen LogP contribution is 2.19. The first-order valence-electron chi connectivity index (χ1n) is 7.28. The number of rotatable bonds is 5. The maximum atomic E-state index is 11.7. The molecule has 2 rings (SSSR count). The van der Waals surface area contributed by atoms with Crippen molar-refractivity contribution in [3.05, 3.63) is 29.8 Å². The van der Waals surface area contributed by atoms with Crippen molar-refractivity contribution in [3.8, 4) is 0 Å². The van der Waals surface area contributed by atoms with Crippen LogP contribution in [0.25, 0.3) is 0 Å². The second-order valence-corrected chi connectivity index (χ2v) is 6.35. The number of hydrogen-bond donors (Lipinski definition) is 1. The fraction of sp³-hybridized carbons (Fsp3) is 0.500. The zero-order valence-corrected chi connectivity index (χ0v) is 12.8. The van der Waals surface area contributed by atoms with Gasteiger partial charge < -0.3 is 0 Å². The minimum absolute atomic E-state index is 0.0164. The molecule has 0 aromatic heterocycles. The Morgan fingerprint density at radius 2 is 1.90 bits per heavy atom. The SMILES string of the molecule is Cc1ccc(SCCC(=O)NN=C2CCCCC2)cc1. The zero-order valence-electron chi connectivity index (χ0n) is 12.0. The summed E-state index contributed by atoms with van der Waals surface area (Å²) >= 11 is 1.71. The molecule has 1 fully saturated rings. The smallest absolute Gasteiger partial charge is 0.240 e. The highest BCUT2D eigenvalue weighted by Gasteiger charge is 2.07. The van der Waals surface area contributed by atoms with Gasteiger partial charge in [-0.2, -0.15) is 5.10 Å². The van der Waals surface area contributed by atoms with Crippen LogP contribution >= 0.6 is 11.8 Å². The van der Waals surface area contributed by atoms with Gasteiger partial charge in [0.05, 0.1) is 0 Å². The van der Waals surface area contributed by atoms with Crippen LogP contribution in [0, 0.1) is 6.92 Å². The van der Waals surface area contributed by atoms with Gasteiger partial charge in [-0.25, -0.2) is 5.43 Å². The lowest BCUT2D eigenvalue weighted by molar-refractivity contribution is -0.120.